The monoisotopic (exact) mass is 368 g/mol. The van der Waals surface area contributed by atoms with Gasteiger partial charge in [-0.15, -0.1) is 11.3 Å². The number of carbonyl (C=O) groups is 1. The number of benzene rings is 1. The predicted octanol–water partition coefficient (Wildman–Crippen LogP) is 2.38. The maximum atomic E-state index is 12.8. The van der Waals surface area contributed by atoms with Crippen LogP contribution in [-0.4, -0.2) is 53.7 Å². The van der Waals surface area contributed by atoms with Crippen LogP contribution in [-0.2, 0) is 0 Å². The summed E-state index contributed by atoms with van der Waals surface area (Å²) in [4.78, 5) is 25.7. The number of hydrogen-bond donors (Lipinski definition) is 0. The average Bonchev–Trinajstić information content (AvgIpc) is 3.35. The van der Waals surface area contributed by atoms with E-state index in [0.29, 0.717) is 30.2 Å². The number of amides is 1. The Labute approximate surface area is 153 Å². The highest BCUT2D eigenvalue weighted by atomic mass is 32.1. The highest BCUT2D eigenvalue weighted by Gasteiger charge is 2.25. The van der Waals surface area contributed by atoms with E-state index in [9.17, 15) is 4.79 Å². The lowest BCUT2D eigenvalue weighted by Gasteiger charge is -2.35. The molecule has 2 aliphatic heterocycles. The van der Waals surface area contributed by atoms with Crippen molar-refractivity contribution in [3.05, 3.63) is 41.5 Å². The zero-order chi connectivity index (χ0) is 17.5. The topological polar surface area (TPSA) is 67.8 Å². The number of carbonyl (C=O) groups excluding carboxylic acids is 1. The summed E-state index contributed by atoms with van der Waals surface area (Å²) >= 11 is 1.65. The maximum Gasteiger partial charge on any atom is 0.254 e. The summed E-state index contributed by atoms with van der Waals surface area (Å²) in [6.45, 7) is 3.02. The van der Waals surface area contributed by atoms with Crippen molar-refractivity contribution < 1.29 is 14.3 Å². The summed E-state index contributed by atoms with van der Waals surface area (Å²) in [5, 5.41) is 2.03. The first-order chi connectivity index (χ1) is 12.8. The van der Waals surface area contributed by atoms with E-state index < -0.39 is 0 Å². The van der Waals surface area contributed by atoms with Crippen LogP contribution in [0.25, 0.3) is 10.2 Å². The van der Waals surface area contributed by atoms with Gasteiger partial charge in [0.2, 0.25) is 6.79 Å². The SMILES string of the molecule is O=C(c1ccc2c(c1)OCO2)N1CCN(c2ncnc3ccsc23)CC1. The van der Waals surface area contributed by atoms with Crippen LogP contribution in [0.15, 0.2) is 36.0 Å². The maximum absolute atomic E-state index is 12.8. The molecule has 132 valence electrons. The number of thiophene rings is 1. The van der Waals surface area contributed by atoms with Gasteiger partial charge in [-0.1, -0.05) is 0 Å². The van der Waals surface area contributed by atoms with Crippen LogP contribution in [0.1, 0.15) is 10.4 Å². The summed E-state index contributed by atoms with van der Waals surface area (Å²) < 4.78 is 11.8. The summed E-state index contributed by atoms with van der Waals surface area (Å²) in [7, 11) is 0. The van der Waals surface area contributed by atoms with Gasteiger partial charge >= 0.3 is 0 Å². The average molecular weight is 368 g/mol. The highest BCUT2D eigenvalue weighted by molar-refractivity contribution is 7.17. The Morgan fingerprint density at radius 3 is 2.77 bits per heavy atom. The Morgan fingerprint density at radius 1 is 1.04 bits per heavy atom. The van der Waals surface area contributed by atoms with Gasteiger partial charge in [0, 0.05) is 31.7 Å². The third-order valence-electron chi connectivity index (χ3n) is 4.71. The molecule has 0 radical (unpaired) electrons. The number of aromatic nitrogens is 2. The van der Waals surface area contributed by atoms with E-state index >= 15 is 0 Å². The van der Waals surface area contributed by atoms with Crippen LogP contribution in [0, 0.1) is 0 Å². The van der Waals surface area contributed by atoms with Gasteiger partial charge in [-0.2, -0.15) is 0 Å². The molecule has 26 heavy (non-hydrogen) atoms. The molecule has 1 saturated heterocycles. The molecule has 2 aromatic heterocycles. The van der Waals surface area contributed by atoms with Crippen LogP contribution >= 0.6 is 11.3 Å². The smallest absolute Gasteiger partial charge is 0.254 e. The summed E-state index contributed by atoms with van der Waals surface area (Å²) in [6.07, 6.45) is 1.61. The van der Waals surface area contributed by atoms with Crippen LogP contribution in [0.4, 0.5) is 5.82 Å². The minimum absolute atomic E-state index is 0.0203. The van der Waals surface area contributed by atoms with Gasteiger partial charge in [-0.3, -0.25) is 4.79 Å². The van der Waals surface area contributed by atoms with Crippen LogP contribution in [0.3, 0.4) is 0 Å². The normalized spacial score (nSPS) is 16.3. The third-order valence-corrected chi connectivity index (χ3v) is 5.61. The summed E-state index contributed by atoms with van der Waals surface area (Å²) in [6, 6.07) is 7.35. The second-order valence-corrected chi connectivity index (χ2v) is 7.10. The van der Waals surface area contributed by atoms with Crippen molar-refractivity contribution in [2.24, 2.45) is 0 Å². The lowest BCUT2D eigenvalue weighted by molar-refractivity contribution is 0.0746. The van der Waals surface area contributed by atoms with Gasteiger partial charge in [-0.05, 0) is 29.6 Å². The molecule has 2 aliphatic rings. The molecule has 0 N–H and O–H groups in total. The van der Waals surface area contributed by atoms with Crippen LogP contribution in [0.5, 0.6) is 11.5 Å². The Balaban J connectivity index is 1.31. The van der Waals surface area contributed by atoms with Gasteiger partial charge in [0.15, 0.2) is 11.5 Å². The first-order valence-electron chi connectivity index (χ1n) is 8.42. The summed E-state index contributed by atoms with van der Waals surface area (Å²) in [5.74, 6) is 2.30. The zero-order valence-corrected chi connectivity index (χ0v) is 14.7. The minimum atomic E-state index is 0.0203. The second-order valence-electron chi connectivity index (χ2n) is 6.18. The van der Waals surface area contributed by atoms with Crippen molar-refractivity contribution in [1.29, 1.82) is 0 Å². The van der Waals surface area contributed by atoms with Gasteiger partial charge in [0.25, 0.3) is 5.91 Å². The largest absolute Gasteiger partial charge is 0.454 e. The Morgan fingerprint density at radius 2 is 1.88 bits per heavy atom. The molecule has 0 unspecified atom stereocenters. The number of fused-ring (bicyclic) bond motifs is 2. The number of piperazine rings is 1. The van der Waals surface area contributed by atoms with E-state index in [1.54, 1.807) is 35.9 Å². The molecule has 1 aromatic carbocycles. The highest BCUT2D eigenvalue weighted by Crippen LogP contribution is 2.33. The molecule has 0 aliphatic carbocycles. The molecule has 1 fully saturated rings. The quantitative estimate of drug-likeness (QED) is 0.692. The Hall–Kier alpha value is -2.87. The Kier molecular flexibility index (Phi) is 3.63. The van der Waals surface area contributed by atoms with E-state index in [2.05, 4.69) is 14.9 Å². The first kappa shape index (κ1) is 15.4. The van der Waals surface area contributed by atoms with Gasteiger partial charge < -0.3 is 19.3 Å². The molecule has 0 bridgehead atoms. The standard InChI is InChI=1S/C18H16N4O3S/c23-18(12-1-2-14-15(9-12)25-11-24-14)22-6-4-21(5-7-22)17-16-13(3-8-26-16)19-10-20-17/h1-3,8-10H,4-7,11H2. The second kappa shape index (κ2) is 6.14. The Bertz CT molecular complexity index is 981. The molecular formula is C18H16N4O3S. The minimum Gasteiger partial charge on any atom is -0.454 e. The third kappa shape index (κ3) is 2.53. The van der Waals surface area contributed by atoms with Crippen LogP contribution in [0.2, 0.25) is 0 Å². The molecule has 0 atom stereocenters. The molecule has 4 heterocycles. The van der Waals surface area contributed by atoms with Gasteiger partial charge in [0.05, 0.1) is 10.2 Å². The molecule has 5 rings (SSSR count). The van der Waals surface area contributed by atoms with E-state index in [-0.39, 0.29) is 12.7 Å². The fourth-order valence-electron chi connectivity index (χ4n) is 3.33. The van der Waals surface area contributed by atoms with Crippen molar-refractivity contribution in [2.75, 3.05) is 37.9 Å². The lowest BCUT2D eigenvalue weighted by Crippen LogP contribution is -2.49. The zero-order valence-electron chi connectivity index (χ0n) is 13.9. The molecule has 3 aromatic rings. The molecule has 1 amide bonds. The number of rotatable bonds is 2. The fourth-order valence-corrected chi connectivity index (χ4v) is 4.20. The molecule has 0 spiro atoms. The molecule has 8 heteroatoms. The molecular weight excluding hydrogens is 352 g/mol. The number of ether oxygens (including phenoxy) is 2. The van der Waals surface area contributed by atoms with E-state index in [1.807, 2.05) is 16.3 Å². The van der Waals surface area contributed by atoms with Gasteiger partial charge in [-0.25, -0.2) is 9.97 Å². The predicted molar refractivity (Wildman–Crippen MR) is 98.1 cm³/mol. The number of hydrogen-bond acceptors (Lipinski definition) is 7. The lowest BCUT2D eigenvalue weighted by atomic mass is 10.1. The van der Waals surface area contributed by atoms with Crippen molar-refractivity contribution >= 4 is 33.3 Å². The molecule has 0 saturated carbocycles. The van der Waals surface area contributed by atoms with Crippen molar-refractivity contribution in [3.63, 3.8) is 0 Å². The van der Waals surface area contributed by atoms with E-state index in [4.69, 9.17) is 9.47 Å². The van der Waals surface area contributed by atoms with Gasteiger partial charge in [0.1, 0.15) is 12.1 Å². The van der Waals surface area contributed by atoms with E-state index in [0.717, 1.165) is 29.1 Å². The fraction of sp³-hybridized carbons (Fsp3) is 0.278. The van der Waals surface area contributed by atoms with E-state index in [1.165, 1.54) is 0 Å². The summed E-state index contributed by atoms with van der Waals surface area (Å²) in [5.41, 5.74) is 1.60. The number of nitrogens with zero attached hydrogens (tertiary/aromatic N) is 4. The van der Waals surface area contributed by atoms with Crippen molar-refractivity contribution in [3.8, 4) is 11.5 Å². The van der Waals surface area contributed by atoms with Crippen LogP contribution < -0.4 is 14.4 Å². The van der Waals surface area contributed by atoms with Crippen molar-refractivity contribution in [2.45, 2.75) is 0 Å². The number of anilines is 1. The first-order valence-corrected chi connectivity index (χ1v) is 9.29. The van der Waals surface area contributed by atoms with Crippen molar-refractivity contribution in [1.82, 2.24) is 14.9 Å². The molecule has 7 nitrogen and oxygen atoms in total.